The lowest BCUT2D eigenvalue weighted by Crippen LogP contribution is -2.38. The molecule has 144 valence electrons. The van der Waals surface area contributed by atoms with Gasteiger partial charge in [0.15, 0.2) is 5.96 Å². The number of nitrogens with zero attached hydrogens (tertiary/aromatic N) is 3. The maximum atomic E-state index is 12.7. The van der Waals surface area contributed by atoms with Crippen molar-refractivity contribution < 1.29 is 13.2 Å². The van der Waals surface area contributed by atoms with Gasteiger partial charge in [0.1, 0.15) is 0 Å². The summed E-state index contributed by atoms with van der Waals surface area (Å²) < 4.78 is 40.0. The largest absolute Gasteiger partial charge is 0.416 e. The lowest BCUT2D eigenvalue weighted by Gasteiger charge is -2.11. The van der Waals surface area contributed by atoms with E-state index in [9.17, 15) is 13.2 Å². The Labute approximate surface area is 168 Å². The standard InChI is InChI=1S/C17H22F3N5.HI/c1-3-21-16(22-8-7-14-11-24-25(2)12-14)23-10-13-5-4-6-15(9-13)17(18,19)20;/h4-6,9,11-12H,3,7-8,10H2,1-2H3,(H2,21,22,23);1H. The zero-order valence-electron chi connectivity index (χ0n) is 14.7. The van der Waals surface area contributed by atoms with Gasteiger partial charge in [-0.05, 0) is 36.6 Å². The summed E-state index contributed by atoms with van der Waals surface area (Å²) in [6.45, 7) is 3.43. The van der Waals surface area contributed by atoms with Crippen LogP contribution in [0.1, 0.15) is 23.6 Å². The molecule has 0 fully saturated rings. The molecule has 2 rings (SSSR count). The molecule has 0 atom stereocenters. The van der Waals surface area contributed by atoms with Gasteiger partial charge >= 0.3 is 6.18 Å². The van der Waals surface area contributed by atoms with Gasteiger partial charge in [-0.25, -0.2) is 4.99 Å². The third-order valence-electron chi connectivity index (χ3n) is 3.48. The number of rotatable bonds is 6. The molecule has 0 spiro atoms. The van der Waals surface area contributed by atoms with Crippen molar-refractivity contribution in [1.82, 2.24) is 20.4 Å². The lowest BCUT2D eigenvalue weighted by atomic mass is 10.1. The van der Waals surface area contributed by atoms with E-state index in [0.717, 1.165) is 24.1 Å². The highest BCUT2D eigenvalue weighted by Crippen LogP contribution is 2.29. The quantitative estimate of drug-likeness (QED) is 0.378. The average molecular weight is 481 g/mol. The van der Waals surface area contributed by atoms with E-state index in [1.807, 2.05) is 20.2 Å². The van der Waals surface area contributed by atoms with E-state index < -0.39 is 11.7 Å². The molecule has 0 amide bonds. The van der Waals surface area contributed by atoms with Crippen molar-refractivity contribution >= 4 is 29.9 Å². The number of guanidine groups is 1. The number of hydrogen-bond acceptors (Lipinski definition) is 2. The number of hydrogen-bond donors (Lipinski definition) is 2. The van der Waals surface area contributed by atoms with E-state index in [0.29, 0.717) is 24.6 Å². The van der Waals surface area contributed by atoms with E-state index in [-0.39, 0.29) is 30.5 Å². The predicted molar refractivity (Wildman–Crippen MR) is 107 cm³/mol. The van der Waals surface area contributed by atoms with Crippen LogP contribution in [0, 0.1) is 0 Å². The zero-order chi connectivity index (χ0) is 18.3. The Morgan fingerprint density at radius 3 is 2.62 bits per heavy atom. The van der Waals surface area contributed by atoms with Crippen LogP contribution in [0.5, 0.6) is 0 Å². The predicted octanol–water partition coefficient (Wildman–Crippen LogP) is 3.35. The van der Waals surface area contributed by atoms with E-state index in [1.54, 1.807) is 16.9 Å². The number of nitrogens with one attached hydrogen (secondary N) is 2. The summed E-state index contributed by atoms with van der Waals surface area (Å²) >= 11 is 0. The first-order valence-electron chi connectivity index (χ1n) is 8.04. The number of aliphatic imine (C=N–C) groups is 1. The molecule has 0 aliphatic heterocycles. The molecule has 1 aromatic carbocycles. The number of aryl methyl sites for hydroxylation is 1. The van der Waals surface area contributed by atoms with Gasteiger partial charge in [-0.2, -0.15) is 18.3 Å². The Hall–Kier alpha value is -1.78. The van der Waals surface area contributed by atoms with Gasteiger partial charge in [0.25, 0.3) is 0 Å². The van der Waals surface area contributed by atoms with Crippen molar-refractivity contribution in [3.05, 3.63) is 53.3 Å². The fourth-order valence-electron chi connectivity index (χ4n) is 2.28. The minimum Gasteiger partial charge on any atom is -0.357 e. The smallest absolute Gasteiger partial charge is 0.357 e. The van der Waals surface area contributed by atoms with E-state index >= 15 is 0 Å². The summed E-state index contributed by atoms with van der Waals surface area (Å²) in [5, 5.41) is 10.4. The van der Waals surface area contributed by atoms with Crippen LogP contribution in [-0.2, 0) is 26.2 Å². The number of aromatic nitrogens is 2. The summed E-state index contributed by atoms with van der Waals surface area (Å²) in [7, 11) is 1.86. The van der Waals surface area contributed by atoms with Crippen LogP contribution in [0.4, 0.5) is 13.2 Å². The van der Waals surface area contributed by atoms with E-state index in [2.05, 4.69) is 20.7 Å². The first-order chi connectivity index (χ1) is 11.9. The van der Waals surface area contributed by atoms with Crippen molar-refractivity contribution in [2.24, 2.45) is 12.0 Å². The zero-order valence-corrected chi connectivity index (χ0v) is 17.0. The van der Waals surface area contributed by atoms with Crippen LogP contribution in [0.15, 0.2) is 41.7 Å². The van der Waals surface area contributed by atoms with E-state index in [4.69, 9.17) is 0 Å². The highest BCUT2D eigenvalue weighted by Gasteiger charge is 2.30. The summed E-state index contributed by atoms with van der Waals surface area (Å²) in [5.41, 5.74) is 0.956. The molecule has 9 heteroatoms. The van der Waals surface area contributed by atoms with Crippen molar-refractivity contribution in [1.29, 1.82) is 0 Å². The van der Waals surface area contributed by atoms with Gasteiger partial charge in [0.2, 0.25) is 0 Å². The highest BCUT2D eigenvalue weighted by atomic mass is 127. The molecule has 5 nitrogen and oxygen atoms in total. The number of alkyl halides is 3. The number of benzene rings is 1. The van der Waals surface area contributed by atoms with Crippen LogP contribution < -0.4 is 10.6 Å². The normalized spacial score (nSPS) is 11.8. The Bertz CT molecular complexity index is 712. The van der Waals surface area contributed by atoms with Crippen LogP contribution >= 0.6 is 24.0 Å². The summed E-state index contributed by atoms with van der Waals surface area (Å²) in [6, 6.07) is 5.22. The van der Waals surface area contributed by atoms with E-state index in [1.165, 1.54) is 6.07 Å². The van der Waals surface area contributed by atoms with Crippen LogP contribution in [0.25, 0.3) is 0 Å². The molecule has 1 aromatic heterocycles. The van der Waals surface area contributed by atoms with Crippen molar-refractivity contribution in [2.45, 2.75) is 26.1 Å². The van der Waals surface area contributed by atoms with Crippen LogP contribution in [-0.4, -0.2) is 28.8 Å². The Kier molecular flexibility index (Phi) is 8.89. The van der Waals surface area contributed by atoms with Gasteiger partial charge in [0, 0.05) is 26.3 Å². The molecule has 0 unspecified atom stereocenters. The third-order valence-corrected chi connectivity index (χ3v) is 3.48. The second-order valence-corrected chi connectivity index (χ2v) is 5.59. The summed E-state index contributed by atoms with van der Waals surface area (Å²) in [5.74, 6) is 0.573. The maximum absolute atomic E-state index is 12.7. The van der Waals surface area contributed by atoms with Gasteiger partial charge in [-0.3, -0.25) is 4.68 Å². The molecule has 0 aliphatic rings. The highest BCUT2D eigenvalue weighted by molar-refractivity contribution is 14.0. The van der Waals surface area contributed by atoms with Gasteiger partial charge in [-0.1, -0.05) is 12.1 Å². The minimum absolute atomic E-state index is 0. The second kappa shape index (κ2) is 10.4. The topological polar surface area (TPSA) is 54.2 Å². The summed E-state index contributed by atoms with van der Waals surface area (Å²) in [4.78, 5) is 4.35. The van der Waals surface area contributed by atoms with Gasteiger partial charge in [0.05, 0.1) is 18.3 Å². The monoisotopic (exact) mass is 481 g/mol. The van der Waals surface area contributed by atoms with Crippen molar-refractivity contribution in [3.8, 4) is 0 Å². The molecule has 0 saturated heterocycles. The molecule has 0 radical (unpaired) electrons. The third kappa shape index (κ3) is 7.22. The number of halogens is 4. The van der Waals surface area contributed by atoms with Crippen LogP contribution in [0.2, 0.25) is 0 Å². The first kappa shape index (κ1) is 22.3. The SMILES string of the molecule is CCNC(=NCc1cccc(C(F)(F)F)c1)NCCc1cnn(C)c1.I. The fraction of sp³-hybridized carbons (Fsp3) is 0.412. The van der Waals surface area contributed by atoms with Gasteiger partial charge < -0.3 is 10.6 Å². The molecule has 1 heterocycles. The maximum Gasteiger partial charge on any atom is 0.416 e. The van der Waals surface area contributed by atoms with Gasteiger partial charge in [-0.15, -0.1) is 24.0 Å². The Balaban J connectivity index is 0.00000338. The molecular weight excluding hydrogens is 458 g/mol. The first-order valence-corrected chi connectivity index (χ1v) is 8.04. The second-order valence-electron chi connectivity index (χ2n) is 5.59. The Morgan fingerprint density at radius 2 is 2.00 bits per heavy atom. The Morgan fingerprint density at radius 1 is 1.23 bits per heavy atom. The van der Waals surface area contributed by atoms with Crippen LogP contribution in [0.3, 0.4) is 0 Å². The summed E-state index contributed by atoms with van der Waals surface area (Å²) in [6.07, 6.45) is 0.177. The molecule has 0 bridgehead atoms. The minimum atomic E-state index is -4.34. The molecular formula is C17H23F3IN5. The molecule has 2 N–H and O–H groups in total. The van der Waals surface area contributed by atoms with Crippen molar-refractivity contribution in [3.63, 3.8) is 0 Å². The molecule has 0 aliphatic carbocycles. The molecule has 0 saturated carbocycles. The molecule has 2 aromatic rings. The average Bonchev–Trinajstić information content (AvgIpc) is 2.97. The lowest BCUT2D eigenvalue weighted by molar-refractivity contribution is -0.137. The molecule has 26 heavy (non-hydrogen) atoms. The fourth-order valence-corrected chi connectivity index (χ4v) is 2.28. The van der Waals surface area contributed by atoms with Crippen molar-refractivity contribution in [2.75, 3.05) is 13.1 Å².